The number of hydrogen-bond donors (Lipinski definition) is 1. The zero-order chi connectivity index (χ0) is 23.5. The van der Waals surface area contributed by atoms with Crippen LogP contribution in [0.5, 0.6) is 5.75 Å². The van der Waals surface area contributed by atoms with Crippen LogP contribution >= 0.6 is 0 Å². The lowest BCUT2D eigenvalue weighted by molar-refractivity contribution is -0.133. The molecular weight excluding hydrogens is 416 g/mol. The Bertz CT molecular complexity index is 1110. The standard InChI is InChI=1S/C25H34N6O2.H2/c1-17-15-30(16-18(2)31(17)19(3)32)24-9-6-8-23(28-24)22-14-27-25-21(22)12-20(13-26-25)33-11-7-10-29(4)5;/h6,8-9,12-14,17-18H,7,10-11,15-16H2,1-5H3,(H,26,27);1H/t17-,18+;. The molecule has 3 aromatic heterocycles. The van der Waals surface area contributed by atoms with Crippen LogP contribution in [0, 0.1) is 0 Å². The summed E-state index contributed by atoms with van der Waals surface area (Å²) in [6, 6.07) is 8.42. The van der Waals surface area contributed by atoms with Crippen LogP contribution in [-0.2, 0) is 4.79 Å². The third-order valence-electron chi connectivity index (χ3n) is 6.14. The quantitative estimate of drug-likeness (QED) is 0.552. The second-order valence-electron chi connectivity index (χ2n) is 9.19. The van der Waals surface area contributed by atoms with Gasteiger partial charge in [0.1, 0.15) is 17.2 Å². The fraction of sp³-hybridized carbons (Fsp3) is 0.480. The van der Waals surface area contributed by atoms with E-state index in [-0.39, 0.29) is 19.4 Å². The van der Waals surface area contributed by atoms with Crippen molar-refractivity contribution in [1.29, 1.82) is 0 Å². The lowest BCUT2D eigenvalue weighted by Gasteiger charge is -2.44. The minimum absolute atomic E-state index is 0. The van der Waals surface area contributed by atoms with E-state index in [0.29, 0.717) is 6.61 Å². The van der Waals surface area contributed by atoms with Gasteiger partial charge >= 0.3 is 0 Å². The number of H-pyrrole nitrogens is 1. The van der Waals surface area contributed by atoms with E-state index in [4.69, 9.17) is 9.72 Å². The number of carbonyl (C=O) groups excluding carboxylic acids is 1. The zero-order valence-corrected chi connectivity index (χ0v) is 20.2. The molecule has 0 unspecified atom stereocenters. The Labute approximate surface area is 197 Å². The van der Waals surface area contributed by atoms with Gasteiger partial charge in [0.25, 0.3) is 0 Å². The number of amides is 1. The van der Waals surface area contributed by atoms with Gasteiger partial charge in [-0.15, -0.1) is 0 Å². The fourth-order valence-electron chi connectivity index (χ4n) is 4.73. The normalized spacial score (nSPS) is 18.8. The van der Waals surface area contributed by atoms with Gasteiger partial charge in [-0.2, -0.15) is 0 Å². The molecule has 33 heavy (non-hydrogen) atoms. The highest BCUT2D eigenvalue weighted by Gasteiger charge is 2.31. The molecule has 8 heteroatoms. The Morgan fingerprint density at radius 1 is 1.27 bits per heavy atom. The van der Waals surface area contributed by atoms with Crippen molar-refractivity contribution in [1.82, 2.24) is 24.8 Å². The molecule has 0 aliphatic carbocycles. The smallest absolute Gasteiger partial charge is 0.220 e. The van der Waals surface area contributed by atoms with E-state index in [2.05, 4.69) is 47.7 Å². The van der Waals surface area contributed by atoms with Gasteiger partial charge in [0.2, 0.25) is 5.91 Å². The van der Waals surface area contributed by atoms with Crippen molar-refractivity contribution in [2.75, 3.05) is 45.2 Å². The van der Waals surface area contributed by atoms with E-state index in [1.807, 2.05) is 35.4 Å². The molecule has 0 radical (unpaired) electrons. The van der Waals surface area contributed by atoms with Crippen LogP contribution in [0.2, 0.25) is 0 Å². The molecule has 4 heterocycles. The van der Waals surface area contributed by atoms with Crippen LogP contribution in [0.1, 0.15) is 28.6 Å². The maximum Gasteiger partial charge on any atom is 0.220 e. The van der Waals surface area contributed by atoms with E-state index in [1.165, 1.54) is 0 Å². The van der Waals surface area contributed by atoms with Crippen molar-refractivity contribution in [3.05, 3.63) is 36.7 Å². The molecule has 1 N–H and O–H groups in total. The minimum atomic E-state index is 0. The van der Waals surface area contributed by atoms with Crippen LogP contribution in [0.3, 0.4) is 0 Å². The predicted octanol–water partition coefficient (Wildman–Crippen LogP) is 3.65. The van der Waals surface area contributed by atoms with Crippen molar-refractivity contribution in [3.63, 3.8) is 0 Å². The van der Waals surface area contributed by atoms with Gasteiger partial charge in [-0.25, -0.2) is 9.97 Å². The molecule has 0 spiro atoms. The van der Waals surface area contributed by atoms with E-state index >= 15 is 0 Å². The Morgan fingerprint density at radius 2 is 2.03 bits per heavy atom. The summed E-state index contributed by atoms with van der Waals surface area (Å²) in [5, 5.41) is 0.993. The summed E-state index contributed by atoms with van der Waals surface area (Å²) in [6.07, 6.45) is 4.68. The lowest BCUT2D eigenvalue weighted by atomic mass is 10.1. The van der Waals surface area contributed by atoms with Gasteiger partial charge in [0, 0.05) is 57.2 Å². The largest absolute Gasteiger partial charge is 0.492 e. The summed E-state index contributed by atoms with van der Waals surface area (Å²) in [5.74, 6) is 1.82. The number of rotatable bonds is 7. The molecule has 1 saturated heterocycles. The molecule has 1 aliphatic heterocycles. The van der Waals surface area contributed by atoms with Crippen molar-refractivity contribution in [3.8, 4) is 17.0 Å². The van der Waals surface area contributed by atoms with Gasteiger partial charge in [0.15, 0.2) is 0 Å². The highest BCUT2D eigenvalue weighted by molar-refractivity contribution is 5.93. The first-order valence-corrected chi connectivity index (χ1v) is 11.6. The number of pyridine rings is 2. The third kappa shape index (κ3) is 5.11. The molecule has 1 amide bonds. The average Bonchev–Trinajstić information content (AvgIpc) is 3.19. The molecule has 0 saturated carbocycles. The summed E-state index contributed by atoms with van der Waals surface area (Å²) >= 11 is 0. The molecule has 0 bridgehead atoms. The summed E-state index contributed by atoms with van der Waals surface area (Å²) in [4.78, 5) is 31.2. The molecule has 2 atom stereocenters. The molecule has 1 fully saturated rings. The molecular formula is C25H36N6O2. The average molecular weight is 453 g/mol. The Hall–Kier alpha value is -3.13. The molecule has 178 valence electrons. The third-order valence-corrected chi connectivity index (χ3v) is 6.14. The number of hydrogen-bond acceptors (Lipinski definition) is 6. The van der Waals surface area contributed by atoms with Crippen LogP contribution in [-0.4, -0.2) is 83.1 Å². The number of carbonyl (C=O) groups is 1. The van der Waals surface area contributed by atoms with E-state index < -0.39 is 0 Å². The van der Waals surface area contributed by atoms with Gasteiger partial charge in [0.05, 0.1) is 18.5 Å². The van der Waals surface area contributed by atoms with Gasteiger partial charge in [-0.1, -0.05) is 6.07 Å². The van der Waals surface area contributed by atoms with Crippen LogP contribution in [0.4, 0.5) is 5.82 Å². The number of aromatic nitrogens is 3. The maximum absolute atomic E-state index is 12.0. The molecule has 3 aromatic rings. The molecule has 0 aromatic carbocycles. The van der Waals surface area contributed by atoms with E-state index in [1.54, 1.807) is 13.1 Å². The molecule has 4 rings (SSSR count). The first kappa shape index (κ1) is 23.0. The lowest BCUT2D eigenvalue weighted by Crippen LogP contribution is -2.58. The second-order valence-corrected chi connectivity index (χ2v) is 9.19. The van der Waals surface area contributed by atoms with E-state index in [9.17, 15) is 4.79 Å². The van der Waals surface area contributed by atoms with Crippen molar-refractivity contribution >= 4 is 22.8 Å². The van der Waals surface area contributed by atoms with Crippen LogP contribution < -0.4 is 9.64 Å². The van der Waals surface area contributed by atoms with Gasteiger partial charge in [-0.3, -0.25) is 4.79 Å². The number of ether oxygens (including phenoxy) is 1. The first-order valence-electron chi connectivity index (χ1n) is 11.6. The van der Waals surface area contributed by atoms with Crippen molar-refractivity contribution in [2.24, 2.45) is 0 Å². The Morgan fingerprint density at radius 3 is 2.73 bits per heavy atom. The second kappa shape index (κ2) is 9.79. The number of anilines is 1. The number of aromatic amines is 1. The first-order chi connectivity index (χ1) is 15.8. The van der Waals surface area contributed by atoms with Crippen molar-refractivity contribution < 1.29 is 11.0 Å². The summed E-state index contributed by atoms with van der Waals surface area (Å²) in [7, 11) is 4.12. The Balaban J connectivity index is 0.00000324. The van der Waals surface area contributed by atoms with Gasteiger partial charge in [-0.05, 0) is 52.6 Å². The minimum Gasteiger partial charge on any atom is -0.492 e. The van der Waals surface area contributed by atoms with E-state index in [0.717, 1.165) is 59.9 Å². The van der Waals surface area contributed by atoms with Crippen LogP contribution in [0.25, 0.3) is 22.3 Å². The number of piperazine rings is 1. The number of nitrogens with zero attached hydrogens (tertiary/aromatic N) is 5. The monoisotopic (exact) mass is 452 g/mol. The molecule has 8 nitrogen and oxygen atoms in total. The summed E-state index contributed by atoms with van der Waals surface area (Å²) in [6.45, 7) is 9.01. The van der Waals surface area contributed by atoms with Crippen molar-refractivity contribution in [2.45, 2.75) is 39.3 Å². The SMILES string of the molecule is CC(=O)N1[C@H](C)CN(c2cccc(-c3c[nH]c4ncc(OCCCN(C)C)cc34)n2)C[C@@H]1C.[HH]. The number of nitrogens with one attached hydrogen (secondary N) is 1. The molecule has 1 aliphatic rings. The number of fused-ring (bicyclic) bond motifs is 1. The summed E-state index contributed by atoms with van der Waals surface area (Å²) < 4.78 is 5.93. The maximum atomic E-state index is 12.0. The highest BCUT2D eigenvalue weighted by atomic mass is 16.5. The highest BCUT2D eigenvalue weighted by Crippen LogP contribution is 2.31. The topological polar surface area (TPSA) is 77.6 Å². The van der Waals surface area contributed by atoms with Crippen LogP contribution in [0.15, 0.2) is 36.7 Å². The summed E-state index contributed by atoms with van der Waals surface area (Å²) in [5.41, 5.74) is 2.70. The van der Waals surface area contributed by atoms with Gasteiger partial charge < -0.3 is 24.4 Å². The Kier molecular flexibility index (Phi) is 6.83. The zero-order valence-electron chi connectivity index (χ0n) is 20.2. The fourth-order valence-corrected chi connectivity index (χ4v) is 4.73. The predicted molar refractivity (Wildman–Crippen MR) is 134 cm³/mol.